The topological polar surface area (TPSA) is 89.0 Å². The lowest BCUT2D eigenvalue weighted by Gasteiger charge is -2.14. The third-order valence-electron chi connectivity index (χ3n) is 4.59. The molecule has 3 aromatic rings. The molecule has 0 saturated heterocycles. The van der Waals surface area contributed by atoms with Gasteiger partial charge in [0.05, 0.1) is 23.4 Å². The number of rotatable bonds is 8. The van der Waals surface area contributed by atoms with Gasteiger partial charge in [0.25, 0.3) is 0 Å². The van der Waals surface area contributed by atoms with E-state index in [-0.39, 0.29) is 17.3 Å². The Morgan fingerprint density at radius 2 is 1.75 bits per heavy atom. The molecule has 0 radical (unpaired) electrons. The molecule has 2 amide bonds. The van der Waals surface area contributed by atoms with Crippen LogP contribution in [0.4, 0.5) is 18.9 Å². The number of benzene rings is 3. The molecule has 7 nitrogen and oxygen atoms in total. The van der Waals surface area contributed by atoms with Gasteiger partial charge in [-0.3, -0.25) is 9.59 Å². The summed E-state index contributed by atoms with van der Waals surface area (Å²) in [4.78, 5) is 24.0. The van der Waals surface area contributed by atoms with Gasteiger partial charge in [-0.1, -0.05) is 48.0 Å². The predicted octanol–water partition coefficient (Wildman–Crippen LogP) is 5.43. The minimum absolute atomic E-state index is 0.187. The van der Waals surface area contributed by atoms with E-state index in [1.807, 2.05) is 35.8 Å². The number of hydrazone groups is 1. The highest BCUT2D eigenvalue weighted by molar-refractivity contribution is 6.39. The second-order valence-corrected chi connectivity index (χ2v) is 7.68. The van der Waals surface area contributed by atoms with Gasteiger partial charge in [-0.2, -0.15) is 18.3 Å². The first-order valence-electron chi connectivity index (χ1n) is 10.6. The van der Waals surface area contributed by atoms with Crippen molar-refractivity contribution in [1.82, 2.24) is 5.43 Å². The van der Waals surface area contributed by atoms with E-state index in [4.69, 9.17) is 21.1 Å². The minimum Gasteiger partial charge on any atom is -0.490 e. The molecule has 188 valence electrons. The minimum atomic E-state index is -4.59. The zero-order valence-electron chi connectivity index (χ0n) is 18.9. The van der Waals surface area contributed by atoms with Gasteiger partial charge in [0.1, 0.15) is 6.61 Å². The van der Waals surface area contributed by atoms with Crippen LogP contribution < -0.4 is 20.2 Å². The molecular weight excluding hydrogens is 499 g/mol. The number of hydrogen-bond acceptors (Lipinski definition) is 5. The van der Waals surface area contributed by atoms with E-state index in [1.165, 1.54) is 18.3 Å². The van der Waals surface area contributed by atoms with E-state index in [0.717, 1.165) is 17.7 Å². The molecule has 0 aliphatic heterocycles. The van der Waals surface area contributed by atoms with Gasteiger partial charge in [-0.05, 0) is 48.4 Å². The number of nitrogens with one attached hydrogen (secondary N) is 2. The molecular formula is C25H21ClF3N3O4. The fourth-order valence-electron chi connectivity index (χ4n) is 2.97. The highest BCUT2D eigenvalue weighted by atomic mass is 35.5. The Labute approximate surface area is 209 Å². The number of ether oxygens (including phenoxy) is 2. The number of amides is 2. The Hall–Kier alpha value is -4.05. The van der Waals surface area contributed by atoms with Crippen molar-refractivity contribution in [1.29, 1.82) is 0 Å². The Balaban J connectivity index is 1.64. The number of hydrogen-bond donors (Lipinski definition) is 2. The van der Waals surface area contributed by atoms with Gasteiger partial charge in [0.2, 0.25) is 0 Å². The Bertz CT molecular complexity index is 1250. The van der Waals surface area contributed by atoms with Crippen LogP contribution in [0.5, 0.6) is 11.5 Å². The van der Waals surface area contributed by atoms with E-state index >= 15 is 0 Å². The Morgan fingerprint density at radius 3 is 2.44 bits per heavy atom. The Morgan fingerprint density at radius 1 is 1.00 bits per heavy atom. The molecule has 0 unspecified atom stereocenters. The molecule has 2 N–H and O–H groups in total. The third kappa shape index (κ3) is 7.47. The van der Waals surface area contributed by atoms with E-state index in [1.54, 1.807) is 13.0 Å². The summed E-state index contributed by atoms with van der Waals surface area (Å²) >= 11 is 6.37. The Kier molecular flexibility index (Phi) is 8.91. The number of carbonyl (C=O) groups excluding carboxylic acids is 2. The summed E-state index contributed by atoms with van der Waals surface area (Å²) in [7, 11) is 0. The normalized spacial score (nSPS) is 11.2. The second-order valence-electron chi connectivity index (χ2n) is 7.27. The van der Waals surface area contributed by atoms with E-state index < -0.39 is 23.6 Å². The quantitative estimate of drug-likeness (QED) is 0.236. The largest absolute Gasteiger partial charge is 0.490 e. The van der Waals surface area contributed by atoms with Crippen LogP contribution in [0.3, 0.4) is 0 Å². The first-order valence-corrected chi connectivity index (χ1v) is 11.0. The lowest BCUT2D eigenvalue weighted by Crippen LogP contribution is -2.32. The lowest BCUT2D eigenvalue weighted by molar-refractivity contribution is -0.137. The standard InChI is InChI=1S/C25H21ClF3N3O4/c1-2-35-21-12-17(11-20(26)22(21)36-15-16-7-4-3-5-8-16)14-30-32-24(34)23(33)31-19-10-6-9-18(13-19)25(27,28)29/h3-14H,2,15H2,1H3,(H,31,33)(H,32,34)/b30-14-. The number of anilines is 1. The smallest absolute Gasteiger partial charge is 0.416 e. The van der Waals surface area contributed by atoms with Gasteiger partial charge >= 0.3 is 18.0 Å². The fraction of sp³-hybridized carbons (Fsp3) is 0.160. The van der Waals surface area contributed by atoms with Crippen LogP contribution in [-0.2, 0) is 22.4 Å². The molecule has 0 fully saturated rings. The summed E-state index contributed by atoms with van der Waals surface area (Å²) in [6.45, 7) is 2.40. The van der Waals surface area contributed by atoms with Crippen molar-refractivity contribution in [3.63, 3.8) is 0 Å². The maximum atomic E-state index is 12.8. The highest BCUT2D eigenvalue weighted by Crippen LogP contribution is 2.37. The number of alkyl halides is 3. The second kappa shape index (κ2) is 12.1. The van der Waals surface area contributed by atoms with Crippen molar-refractivity contribution in [2.75, 3.05) is 11.9 Å². The van der Waals surface area contributed by atoms with Crippen molar-refractivity contribution in [2.45, 2.75) is 19.7 Å². The number of nitrogens with zero attached hydrogens (tertiary/aromatic N) is 1. The molecule has 3 rings (SSSR count). The number of carbonyl (C=O) groups is 2. The van der Waals surface area contributed by atoms with Crippen molar-refractivity contribution in [3.05, 3.63) is 88.4 Å². The van der Waals surface area contributed by atoms with Crippen LogP contribution in [0.15, 0.2) is 71.8 Å². The van der Waals surface area contributed by atoms with E-state index in [0.29, 0.717) is 29.7 Å². The zero-order valence-corrected chi connectivity index (χ0v) is 19.7. The third-order valence-corrected chi connectivity index (χ3v) is 4.87. The summed E-state index contributed by atoms with van der Waals surface area (Å²) in [5, 5.41) is 6.04. The SMILES string of the molecule is CCOc1cc(/C=N\NC(=O)C(=O)Nc2cccc(C(F)(F)F)c2)cc(Cl)c1OCc1ccccc1. The van der Waals surface area contributed by atoms with Crippen LogP contribution in [0.25, 0.3) is 0 Å². The summed E-state index contributed by atoms with van der Waals surface area (Å²) in [5.74, 6) is -1.67. The number of halogens is 4. The molecule has 0 saturated carbocycles. The first kappa shape index (κ1) is 26.6. The van der Waals surface area contributed by atoms with Crippen molar-refractivity contribution in [2.24, 2.45) is 5.10 Å². The van der Waals surface area contributed by atoms with Gasteiger partial charge in [-0.15, -0.1) is 0 Å². The molecule has 36 heavy (non-hydrogen) atoms. The van der Waals surface area contributed by atoms with Gasteiger partial charge < -0.3 is 14.8 Å². The molecule has 0 aliphatic rings. The summed E-state index contributed by atoms with van der Waals surface area (Å²) < 4.78 is 49.9. The van der Waals surface area contributed by atoms with E-state index in [9.17, 15) is 22.8 Å². The molecule has 0 heterocycles. The molecule has 0 spiro atoms. The van der Waals surface area contributed by atoms with Crippen molar-refractivity contribution < 1.29 is 32.2 Å². The van der Waals surface area contributed by atoms with Crippen molar-refractivity contribution >= 4 is 35.3 Å². The summed E-state index contributed by atoms with van der Waals surface area (Å²) in [6, 6.07) is 16.5. The van der Waals surface area contributed by atoms with Crippen molar-refractivity contribution in [3.8, 4) is 11.5 Å². The lowest BCUT2D eigenvalue weighted by atomic mass is 10.2. The first-order chi connectivity index (χ1) is 17.2. The van der Waals surface area contributed by atoms with Crippen LogP contribution in [0, 0.1) is 0 Å². The molecule has 3 aromatic carbocycles. The monoisotopic (exact) mass is 519 g/mol. The highest BCUT2D eigenvalue weighted by Gasteiger charge is 2.30. The molecule has 0 bridgehead atoms. The average molecular weight is 520 g/mol. The zero-order chi connectivity index (χ0) is 26.1. The van der Waals surface area contributed by atoms with Gasteiger partial charge in [0, 0.05) is 5.69 Å². The molecule has 0 aromatic heterocycles. The predicted molar refractivity (Wildman–Crippen MR) is 129 cm³/mol. The van der Waals surface area contributed by atoms with Crippen LogP contribution in [-0.4, -0.2) is 24.6 Å². The van der Waals surface area contributed by atoms with Crippen LogP contribution in [0.1, 0.15) is 23.6 Å². The maximum absolute atomic E-state index is 12.8. The van der Waals surface area contributed by atoms with Gasteiger partial charge in [0.15, 0.2) is 11.5 Å². The molecule has 0 aliphatic carbocycles. The van der Waals surface area contributed by atoms with E-state index in [2.05, 4.69) is 10.4 Å². The summed E-state index contributed by atoms with van der Waals surface area (Å²) in [6.07, 6.45) is -3.36. The fourth-order valence-corrected chi connectivity index (χ4v) is 3.25. The van der Waals surface area contributed by atoms with Gasteiger partial charge in [-0.25, -0.2) is 5.43 Å². The molecule has 0 atom stereocenters. The average Bonchev–Trinajstić information content (AvgIpc) is 2.84. The van der Waals surface area contributed by atoms with Crippen LogP contribution in [0.2, 0.25) is 5.02 Å². The molecule has 11 heteroatoms. The maximum Gasteiger partial charge on any atom is 0.416 e. The summed E-state index contributed by atoms with van der Waals surface area (Å²) in [5.41, 5.74) is 2.24. The van der Waals surface area contributed by atoms with Crippen LogP contribution >= 0.6 is 11.6 Å².